The molecule has 8 heteroatoms. The smallest absolute Gasteiger partial charge is 0.243 e. The maximum Gasteiger partial charge on any atom is 0.243 e. The standard InChI is InChI=1S/C19H29N3O3S.ClH/c1-14-3-5-17(6-4-14)26(24,25)22-11-8-16(9-12-22)19(23)21-18-13-20-10-7-15(18)2;/h3-6,15-16,18,20H,7-13H2,1-2H3,(H,21,23);1H. The number of carbonyl (C=O) groups excluding carboxylic acids is 1. The summed E-state index contributed by atoms with van der Waals surface area (Å²) < 4.78 is 27.0. The summed E-state index contributed by atoms with van der Waals surface area (Å²) in [6.07, 6.45) is 2.22. The van der Waals surface area contributed by atoms with Crippen LogP contribution >= 0.6 is 12.4 Å². The lowest BCUT2D eigenvalue weighted by Gasteiger charge is -2.34. The highest BCUT2D eigenvalue weighted by atomic mass is 35.5. The predicted molar refractivity (Wildman–Crippen MR) is 108 cm³/mol. The van der Waals surface area contributed by atoms with Crippen molar-refractivity contribution < 1.29 is 13.2 Å². The molecule has 2 fully saturated rings. The number of halogens is 1. The highest BCUT2D eigenvalue weighted by Gasteiger charge is 2.33. The molecule has 1 aromatic carbocycles. The fourth-order valence-electron chi connectivity index (χ4n) is 3.70. The molecule has 0 saturated carbocycles. The lowest BCUT2D eigenvalue weighted by Crippen LogP contribution is -2.52. The van der Waals surface area contributed by atoms with E-state index in [-0.39, 0.29) is 30.3 Å². The number of piperidine rings is 2. The van der Waals surface area contributed by atoms with Crippen molar-refractivity contribution in [1.82, 2.24) is 14.9 Å². The topological polar surface area (TPSA) is 78.5 Å². The molecule has 0 aliphatic carbocycles. The second kappa shape index (κ2) is 9.37. The van der Waals surface area contributed by atoms with Crippen LogP contribution in [0.4, 0.5) is 0 Å². The van der Waals surface area contributed by atoms with E-state index in [1.54, 1.807) is 12.1 Å². The summed E-state index contributed by atoms with van der Waals surface area (Å²) in [6, 6.07) is 7.10. The zero-order chi connectivity index (χ0) is 18.7. The van der Waals surface area contributed by atoms with Crippen LogP contribution in [0.1, 0.15) is 31.7 Å². The summed E-state index contributed by atoms with van der Waals surface area (Å²) in [5.74, 6) is 0.439. The predicted octanol–water partition coefficient (Wildman–Crippen LogP) is 1.93. The van der Waals surface area contributed by atoms with E-state index in [4.69, 9.17) is 0 Å². The first-order chi connectivity index (χ1) is 12.4. The van der Waals surface area contributed by atoms with E-state index < -0.39 is 10.0 Å². The highest BCUT2D eigenvalue weighted by molar-refractivity contribution is 7.89. The molecule has 2 aliphatic rings. The molecule has 2 saturated heterocycles. The third-order valence-electron chi connectivity index (χ3n) is 5.64. The van der Waals surface area contributed by atoms with E-state index in [0.717, 1.165) is 25.1 Å². The van der Waals surface area contributed by atoms with E-state index in [0.29, 0.717) is 36.7 Å². The van der Waals surface area contributed by atoms with Gasteiger partial charge in [0.2, 0.25) is 15.9 Å². The summed E-state index contributed by atoms with van der Waals surface area (Å²) in [5.41, 5.74) is 1.03. The third-order valence-corrected chi connectivity index (χ3v) is 7.55. The summed E-state index contributed by atoms with van der Waals surface area (Å²) in [4.78, 5) is 12.9. The quantitative estimate of drug-likeness (QED) is 0.787. The number of sulfonamides is 1. The molecule has 2 aliphatic heterocycles. The van der Waals surface area contributed by atoms with Crippen LogP contribution < -0.4 is 10.6 Å². The average Bonchev–Trinajstić information content (AvgIpc) is 2.64. The van der Waals surface area contributed by atoms with Crippen molar-refractivity contribution in [2.24, 2.45) is 11.8 Å². The van der Waals surface area contributed by atoms with Crippen LogP contribution in [0.5, 0.6) is 0 Å². The van der Waals surface area contributed by atoms with Crippen LogP contribution in [0.15, 0.2) is 29.2 Å². The fraction of sp³-hybridized carbons (Fsp3) is 0.632. The molecule has 152 valence electrons. The number of rotatable bonds is 4. The third kappa shape index (κ3) is 5.22. The first kappa shape index (κ1) is 22.1. The first-order valence-corrected chi connectivity index (χ1v) is 10.9. The van der Waals surface area contributed by atoms with Gasteiger partial charge in [-0.25, -0.2) is 8.42 Å². The normalized spacial score (nSPS) is 24.8. The van der Waals surface area contributed by atoms with Gasteiger partial charge in [0.1, 0.15) is 0 Å². The van der Waals surface area contributed by atoms with Crippen molar-refractivity contribution in [3.8, 4) is 0 Å². The van der Waals surface area contributed by atoms with Crippen molar-refractivity contribution in [2.75, 3.05) is 26.2 Å². The lowest BCUT2D eigenvalue weighted by molar-refractivity contribution is -0.127. The minimum atomic E-state index is -3.47. The number of aryl methyl sites for hydroxylation is 1. The van der Waals surface area contributed by atoms with Gasteiger partial charge >= 0.3 is 0 Å². The molecule has 0 bridgehead atoms. The van der Waals surface area contributed by atoms with E-state index in [9.17, 15) is 13.2 Å². The van der Waals surface area contributed by atoms with Crippen LogP contribution in [-0.4, -0.2) is 50.9 Å². The molecule has 0 spiro atoms. The number of nitrogens with zero attached hydrogens (tertiary/aromatic N) is 1. The zero-order valence-corrected chi connectivity index (χ0v) is 17.6. The summed E-state index contributed by atoms with van der Waals surface area (Å²) in [6.45, 7) is 6.71. The Balaban J connectivity index is 0.00000261. The Morgan fingerprint density at radius 2 is 1.78 bits per heavy atom. The van der Waals surface area contributed by atoms with Crippen molar-refractivity contribution in [1.29, 1.82) is 0 Å². The van der Waals surface area contributed by atoms with Crippen LogP contribution in [0, 0.1) is 18.8 Å². The van der Waals surface area contributed by atoms with Gasteiger partial charge in [0.15, 0.2) is 0 Å². The average molecular weight is 416 g/mol. The Morgan fingerprint density at radius 1 is 1.15 bits per heavy atom. The van der Waals surface area contributed by atoms with E-state index >= 15 is 0 Å². The van der Waals surface area contributed by atoms with Gasteiger partial charge in [-0.3, -0.25) is 4.79 Å². The van der Waals surface area contributed by atoms with Gasteiger partial charge in [-0.2, -0.15) is 4.31 Å². The SMILES string of the molecule is Cc1ccc(S(=O)(=O)N2CCC(C(=O)NC3CNCCC3C)CC2)cc1.Cl. The van der Waals surface area contributed by atoms with Gasteiger partial charge in [-0.05, 0) is 50.8 Å². The van der Waals surface area contributed by atoms with Gasteiger partial charge in [0.05, 0.1) is 4.90 Å². The number of benzene rings is 1. The van der Waals surface area contributed by atoms with Crippen molar-refractivity contribution in [3.63, 3.8) is 0 Å². The molecule has 2 N–H and O–H groups in total. The summed E-state index contributed by atoms with van der Waals surface area (Å²) >= 11 is 0. The van der Waals surface area contributed by atoms with Crippen LogP contribution in [0.2, 0.25) is 0 Å². The Morgan fingerprint density at radius 3 is 2.37 bits per heavy atom. The molecular weight excluding hydrogens is 386 g/mol. The molecule has 0 radical (unpaired) electrons. The zero-order valence-electron chi connectivity index (χ0n) is 16.0. The lowest BCUT2D eigenvalue weighted by atomic mass is 9.92. The van der Waals surface area contributed by atoms with E-state index in [2.05, 4.69) is 17.6 Å². The van der Waals surface area contributed by atoms with Crippen LogP contribution in [-0.2, 0) is 14.8 Å². The number of hydrogen-bond acceptors (Lipinski definition) is 4. The first-order valence-electron chi connectivity index (χ1n) is 9.46. The molecule has 1 aromatic rings. The molecule has 6 nitrogen and oxygen atoms in total. The Labute approximate surface area is 168 Å². The minimum absolute atomic E-state index is 0. The molecular formula is C19H30ClN3O3S. The van der Waals surface area contributed by atoms with Crippen molar-refractivity contribution >= 4 is 28.3 Å². The van der Waals surface area contributed by atoms with Gasteiger partial charge in [0, 0.05) is 31.6 Å². The summed E-state index contributed by atoms with van der Waals surface area (Å²) in [7, 11) is -3.47. The molecule has 2 heterocycles. The number of hydrogen-bond donors (Lipinski definition) is 2. The molecule has 0 aromatic heterocycles. The molecule has 2 unspecified atom stereocenters. The second-order valence-corrected chi connectivity index (χ2v) is 9.51. The fourth-order valence-corrected chi connectivity index (χ4v) is 5.17. The largest absolute Gasteiger partial charge is 0.352 e. The molecule has 2 atom stereocenters. The van der Waals surface area contributed by atoms with Crippen molar-refractivity contribution in [2.45, 2.75) is 44.0 Å². The van der Waals surface area contributed by atoms with Gasteiger partial charge in [0.25, 0.3) is 0 Å². The summed E-state index contributed by atoms with van der Waals surface area (Å²) in [5, 5.41) is 6.48. The maximum atomic E-state index is 12.8. The number of nitrogens with one attached hydrogen (secondary N) is 2. The highest BCUT2D eigenvalue weighted by Crippen LogP contribution is 2.24. The second-order valence-electron chi connectivity index (χ2n) is 7.58. The molecule has 27 heavy (non-hydrogen) atoms. The van der Waals surface area contributed by atoms with Crippen LogP contribution in [0.25, 0.3) is 0 Å². The van der Waals surface area contributed by atoms with Gasteiger partial charge in [-0.15, -0.1) is 12.4 Å². The minimum Gasteiger partial charge on any atom is -0.352 e. The van der Waals surface area contributed by atoms with Gasteiger partial charge < -0.3 is 10.6 Å². The number of carbonyl (C=O) groups is 1. The number of amides is 1. The monoisotopic (exact) mass is 415 g/mol. The Bertz CT molecular complexity index is 731. The Kier molecular flexibility index (Phi) is 7.68. The van der Waals surface area contributed by atoms with E-state index in [1.807, 2.05) is 19.1 Å². The van der Waals surface area contributed by atoms with Crippen molar-refractivity contribution in [3.05, 3.63) is 29.8 Å². The Hall–Kier alpha value is -1.15. The maximum absolute atomic E-state index is 12.8. The van der Waals surface area contributed by atoms with E-state index in [1.165, 1.54) is 4.31 Å². The van der Waals surface area contributed by atoms with Crippen LogP contribution in [0.3, 0.4) is 0 Å². The molecule has 3 rings (SSSR count). The van der Waals surface area contributed by atoms with Gasteiger partial charge in [-0.1, -0.05) is 24.6 Å². The molecule has 1 amide bonds.